The summed E-state index contributed by atoms with van der Waals surface area (Å²) in [6.07, 6.45) is 2.12. The van der Waals surface area contributed by atoms with E-state index in [1.165, 1.54) is 0 Å². The molecule has 2 unspecified atom stereocenters. The second-order valence-electron chi connectivity index (χ2n) is 5.92. The topological polar surface area (TPSA) is 62.3 Å². The van der Waals surface area contributed by atoms with Gasteiger partial charge in [-0.3, -0.25) is 4.90 Å². The maximum atomic E-state index is 9.52. The molecule has 1 aliphatic rings. The third kappa shape index (κ3) is 3.18. The minimum atomic E-state index is -0.965. The van der Waals surface area contributed by atoms with E-state index >= 15 is 0 Å². The molecule has 2 rings (SSSR count). The third-order valence-corrected chi connectivity index (χ3v) is 4.19. The van der Waals surface area contributed by atoms with Crippen LogP contribution in [-0.4, -0.2) is 37.2 Å². The van der Waals surface area contributed by atoms with Crippen LogP contribution < -0.4 is 5.73 Å². The van der Waals surface area contributed by atoms with Crippen LogP contribution in [0.15, 0.2) is 30.3 Å². The number of benzene rings is 1. The number of likely N-dealkylation sites (tertiary alicyclic amines) is 1. The lowest BCUT2D eigenvalue weighted by molar-refractivity contribution is -0.0534. The van der Waals surface area contributed by atoms with Crippen LogP contribution in [0.1, 0.15) is 25.3 Å². The summed E-state index contributed by atoms with van der Waals surface area (Å²) in [5.41, 5.74) is 6.10. The molecule has 0 amide bonds. The highest BCUT2D eigenvalue weighted by Crippen LogP contribution is 2.27. The Morgan fingerprint density at radius 3 is 2.75 bits per heavy atom. The molecule has 1 fully saturated rings. The minimum absolute atomic E-state index is 0.134. The van der Waals surface area contributed by atoms with E-state index in [4.69, 9.17) is 10.5 Å². The molecule has 0 aromatic heterocycles. The largest absolute Gasteiger partial charge is 0.377 e. The van der Waals surface area contributed by atoms with E-state index in [0.29, 0.717) is 6.54 Å². The monoisotopic (exact) mass is 273 g/mol. The van der Waals surface area contributed by atoms with Crippen molar-refractivity contribution in [3.8, 4) is 6.07 Å². The number of ether oxygens (including phenoxy) is 1. The van der Waals surface area contributed by atoms with Crippen LogP contribution in [0.5, 0.6) is 0 Å². The first-order valence-electron chi connectivity index (χ1n) is 7.04. The van der Waals surface area contributed by atoms with Crippen LogP contribution in [-0.2, 0) is 10.3 Å². The summed E-state index contributed by atoms with van der Waals surface area (Å²) in [6, 6.07) is 11.9. The Labute approximate surface area is 121 Å². The second-order valence-corrected chi connectivity index (χ2v) is 5.92. The smallest absolute Gasteiger partial charge is 0.142 e. The highest BCUT2D eigenvalue weighted by molar-refractivity contribution is 5.31. The van der Waals surface area contributed by atoms with Crippen molar-refractivity contribution in [1.29, 1.82) is 5.26 Å². The first-order chi connectivity index (χ1) is 9.51. The molecule has 2 N–H and O–H groups in total. The van der Waals surface area contributed by atoms with Crippen LogP contribution in [0.4, 0.5) is 0 Å². The molecule has 2 atom stereocenters. The fraction of sp³-hybridized carbons (Fsp3) is 0.562. The molecule has 108 valence electrons. The Morgan fingerprint density at radius 2 is 2.15 bits per heavy atom. The van der Waals surface area contributed by atoms with Crippen molar-refractivity contribution in [2.45, 2.75) is 30.9 Å². The van der Waals surface area contributed by atoms with Gasteiger partial charge in [-0.1, -0.05) is 30.3 Å². The molecular formula is C16H23N3O. The molecule has 4 nitrogen and oxygen atoms in total. The number of nitrogens with two attached hydrogens (primary N) is 1. The zero-order valence-electron chi connectivity index (χ0n) is 12.3. The number of nitriles is 1. The van der Waals surface area contributed by atoms with Gasteiger partial charge in [0.2, 0.25) is 0 Å². The van der Waals surface area contributed by atoms with Gasteiger partial charge in [-0.05, 0) is 31.9 Å². The normalized spacial score (nSPS) is 26.7. The molecule has 4 heteroatoms. The van der Waals surface area contributed by atoms with Gasteiger partial charge in [-0.2, -0.15) is 5.26 Å². The Hall–Kier alpha value is -1.41. The fourth-order valence-electron chi connectivity index (χ4n) is 2.89. The first-order valence-corrected chi connectivity index (χ1v) is 7.04. The summed E-state index contributed by atoms with van der Waals surface area (Å²) < 4.78 is 5.60. The van der Waals surface area contributed by atoms with Crippen LogP contribution in [0.25, 0.3) is 0 Å². The number of nitrogens with zero attached hydrogens (tertiary/aromatic N) is 2. The minimum Gasteiger partial charge on any atom is -0.377 e. The fourth-order valence-corrected chi connectivity index (χ4v) is 2.89. The first kappa shape index (κ1) is 15.0. The van der Waals surface area contributed by atoms with Crippen molar-refractivity contribution in [1.82, 2.24) is 4.90 Å². The van der Waals surface area contributed by atoms with E-state index in [0.717, 1.165) is 31.5 Å². The van der Waals surface area contributed by atoms with Gasteiger partial charge in [-0.15, -0.1) is 0 Å². The third-order valence-electron chi connectivity index (χ3n) is 4.19. The summed E-state index contributed by atoms with van der Waals surface area (Å²) in [5.74, 6) is 0. The lowest BCUT2D eigenvalue weighted by atomic mass is 9.89. The summed E-state index contributed by atoms with van der Waals surface area (Å²) >= 11 is 0. The van der Waals surface area contributed by atoms with Gasteiger partial charge < -0.3 is 10.5 Å². The van der Waals surface area contributed by atoms with Crippen molar-refractivity contribution < 1.29 is 4.74 Å². The van der Waals surface area contributed by atoms with Gasteiger partial charge >= 0.3 is 0 Å². The molecule has 20 heavy (non-hydrogen) atoms. The van der Waals surface area contributed by atoms with E-state index in [-0.39, 0.29) is 5.60 Å². The standard InChI is InChI=1S/C16H23N3O/c1-15(20-2)9-6-10-19(12-15)13-16(18,11-17)14-7-4-3-5-8-14/h3-5,7-8H,6,9-10,12-13,18H2,1-2H3. The highest BCUT2D eigenvalue weighted by atomic mass is 16.5. The Bertz CT molecular complexity index is 484. The summed E-state index contributed by atoms with van der Waals surface area (Å²) in [5, 5.41) is 9.52. The quantitative estimate of drug-likeness (QED) is 0.909. The zero-order valence-corrected chi connectivity index (χ0v) is 12.3. The van der Waals surface area contributed by atoms with Crippen molar-refractivity contribution in [2.24, 2.45) is 5.73 Å². The highest BCUT2D eigenvalue weighted by Gasteiger charge is 2.36. The average Bonchev–Trinajstić information content (AvgIpc) is 2.48. The predicted octanol–water partition coefficient (Wildman–Crippen LogP) is 1.87. The molecule has 1 heterocycles. The molecule has 0 spiro atoms. The van der Waals surface area contributed by atoms with Gasteiger partial charge in [-0.25, -0.2) is 0 Å². The lowest BCUT2D eigenvalue weighted by Gasteiger charge is -2.41. The molecule has 1 aliphatic heterocycles. The Balaban J connectivity index is 2.13. The summed E-state index contributed by atoms with van der Waals surface area (Å²) in [7, 11) is 1.75. The van der Waals surface area contributed by atoms with Gasteiger partial charge in [0.05, 0.1) is 11.7 Å². The summed E-state index contributed by atoms with van der Waals surface area (Å²) in [6.45, 7) is 4.43. The van der Waals surface area contributed by atoms with E-state index in [1.54, 1.807) is 7.11 Å². The van der Waals surface area contributed by atoms with Crippen molar-refractivity contribution >= 4 is 0 Å². The average molecular weight is 273 g/mol. The Morgan fingerprint density at radius 1 is 1.45 bits per heavy atom. The molecule has 0 bridgehead atoms. The SMILES string of the molecule is COC1(C)CCCN(CC(N)(C#N)c2ccccc2)C1. The van der Waals surface area contributed by atoms with E-state index in [1.807, 2.05) is 30.3 Å². The van der Waals surface area contributed by atoms with Crippen LogP contribution in [0, 0.1) is 11.3 Å². The molecule has 1 aromatic rings. The maximum absolute atomic E-state index is 9.52. The number of hydrogen-bond acceptors (Lipinski definition) is 4. The number of piperidine rings is 1. The van der Waals surface area contributed by atoms with E-state index in [9.17, 15) is 5.26 Å². The van der Waals surface area contributed by atoms with Crippen molar-refractivity contribution in [3.63, 3.8) is 0 Å². The number of rotatable bonds is 4. The maximum Gasteiger partial charge on any atom is 0.142 e. The zero-order chi connectivity index (χ0) is 14.6. The lowest BCUT2D eigenvalue weighted by Crippen LogP contribution is -2.54. The Kier molecular flexibility index (Phi) is 4.44. The molecule has 0 aliphatic carbocycles. The van der Waals surface area contributed by atoms with E-state index in [2.05, 4.69) is 17.9 Å². The molecule has 0 saturated carbocycles. The second kappa shape index (κ2) is 5.92. The van der Waals surface area contributed by atoms with Crippen molar-refractivity contribution in [3.05, 3.63) is 35.9 Å². The van der Waals surface area contributed by atoms with Crippen molar-refractivity contribution in [2.75, 3.05) is 26.7 Å². The van der Waals surface area contributed by atoms with Crippen LogP contribution in [0.2, 0.25) is 0 Å². The molecule has 1 aromatic carbocycles. The number of methoxy groups -OCH3 is 1. The van der Waals surface area contributed by atoms with Gasteiger partial charge in [0.1, 0.15) is 5.54 Å². The molecule has 0 radical (unpaired) electrons. The van der Waals surface area contributed by atoms with Gasteiger partial charge in [0, 0.05) is 20.2 Å². The van der Waals surface area contributed by atoms with Crippen LogP contribution >= 0.6 is 0 Å². The number of hydrogen-bond donors (Lipinski definition) is 1. The van der Waals surface area contributed by atoms with Gasteiger partial charge in [0.25, 0.3) is 0 Å². The van der Waals surface area contributed by atoms with Crippen LogP contribution in [0.3, 0.4) is 0 Å². The molecular weight excluding hydrogens is 250 g/mol. The van der Waals surface area contributed by atoms with Gasteiger partial charge in [0.15, 0.2) is 0 Å². The predicted molar refractivity (Wildman–Crippen MR) is 79.0 cm³/mol. The van der Waals surface area contributed by atoms with E-state index < -0.39 is 5.54 Å². The molecule has 1 saturated heterocycles. The summed E-state index contributed by atoms with van der Waals surface area (Å²) in [4.78, 5) is 2.24.